The van der Waals surface area contributed by atoms with Crippen molar-refractivity contribution < 1.29 is 19.4 Å². The molecule has 2 heterocycles. The molecule has 1 saturated heterocycles. The van der Waals surface area contributed by atoms with Crippen LogP contribution in [0.2, 0.25) is 0 Å². The monoisotopic (exact) mass is 319 g/mol. The van der Waals surface area contributed by atoms with Gasteiger partial charge in [0.15, 0.2) is 5.78 Å². The van der Waals surface area contributed by atoms with E-state index in [0.717, 1.165) is 31.5 Å². The van der Waals surface area contributed by atoms with Crippen LogP contribution in [0.4, 0.5) is 0 Å². The second-order valence-corrected chi connectivity index (χ2v) is 6.98. The summed E-state index contributed by atoms with van der Waals surface area (Å²) >= 11 is 0. The van der Waals surface area contributed by atoms with Crippen molar-refractivity contribution in [2.75, 3.05) is 20.2 Å². The Morgan fingerprint density at radius 3 is 2.57 bits per heavy atom. The molecule has 1 aromatic carbocycles. The average molecular weight is 319 g/mol. The number of hydrogen-bond donors (Lipinski definition) is 1. The fraction of sp³-hybridized carbons (Fsp3) is 0.611. The first-order valence-electron chi connectivity index (χ1n) is 8.19. The molecule has 2 aliphatic heterocycles. The van der Waals surface area contributed by atoms with E-state index in [1.807, 2.05) is 19.9 Å². The molecule has 0 spiro atoms. The third kappa shape index (κ3) is 2.72. The first-order chi connectivity index (χ1) is 10.8. The van der Waals surface area contributed by atoms with E-state index in [2.05, 4.69) is 4.90 Å². The number of methoxy groups -OCH3 is 1. The van der Waals surface area contributed by atoms with Crippen LogP contribution in [0.25, 0.3) is 0 Å². The van der Waals surface area contributed by atoms with Gasteiger partial charge in [-0.25, -0.2) is 0 Å². The van der Waals surface area contributed by atoms with Gasteiger partial charge in [-0.15, -0.1) is 0 Å². The van der Waals surface area contributed by atoms with Crippen LogP contribution in [0.5, 0.6) is 11.5 Å². The SMILES string of the molecule is COc1cc2c(cc1C(C)=O)[C@H](N1CCCC1)[C@@H](O)C(C)(C)O2. The molecule has 0 amide bonds. The molecule has 0 bridgehead atoms. The molecule has 1 aromatic rings. The van der Waals surface area contributed by atoms with Gasteiger partial charge >= 0.3 is 0 Å². The number of carbonyl (C=O) groups is 1. The van der Waals surface area contributed by atoms with E-state index in [4.69, 9.17) is 9.47 Å². The zero-order chi connectivity index (χ0) is 16.8. The van der Waals surface area contributed by atoms with E-state index >= 15 is 0 Å². The van der Waals surface area contributed by atoms with Crippen molar-refractivity contribution >= 4 is 5.78 Å². The van der Waals surface area contributed by atoms with Gasteiger partial charge in [0.25, 0.3) is 0 Å². The minimum atomic E-state index is -0.691. The highest BCUT2D eigenvalue weighted by Gasteiger charge is 2.46. The molecular formula is C18H25NO4. The molecule has 2 aliphatic rings. The number of benzene rings is 1. The van der Waals surface area contributed by atoms with Crippen LogP contribution in [0.1, 0.15) is 55.6 Å². The largest absolute Gasteiger partial charge is 0.496 e. The van der Waals surface area contributed by atoms with Crippen LogP contribution >= 0.6 is 0 Å². The van der Waals surface area contributed by atoms with E-state index in [0.29, 0.717) is 17.1 Å². The van der Waals surface area contributed by atoms with Gasteiger partial charge in [0, 0.05) is 11.6 Å². The molecule has 0 aliphatic carbocycles. The topological polar surface area (TPSA) is 59.0 Å². The summed E-state index contributed by atoms with van der Waals surface area (Å²) in [5.41, 5.74) is 0.721. The summed E-state index contributed by atoms with van der Waals surface area (Å²) in [5.74, 6) is 1.16. The first kappa shape index (κ1) is 16.3. The van der Waals surface area contributed by atoms with Gasteiger partial charge in [0.2, 0.25) is 0 Å². The summed E-state index contributed by atoms with van der Waals surface area (Å²) in [6.07, 6.45) is 1.62. The minimum absolute atomic E-state index is 0.0517. The Bertz CT molecular complexity index is 620. The predicted molar refractivity (Wildman–Crippen MR) is 87.3 cm³/mol. The first-order valence-corrected chi connectivity index (χ1v) is 8.19. The summed E-state index contributed by atoms with van der Waals surface area (Å²) in [4.78, 5) is 14.2. The molecule has 0 radical (unpaired) electrons. The molecule has 2 atom stereocenters. The zero-order valence-corrected chi connectivity index (χ0v) is 14.3. The number of likely N-dealkylation sites (tertiary alicyclic amines) is 1. The molecule has 5 nitrogen and oxygen atoms in total. The third-order valence-corrected chi connectivity index (χ3v) is 4.95. The number of fused-ring (bicyclic) bond motifs is 1. The number of aliphatic hydroxyl groups is 1. The van der Waals surface area contributed by atoms with E-state index in [-0.39, 0.29) is 11.8 Å². The van der Waals surface area contributed by atoms with Crippen LogP contribution in [0, 0.1) is 0 Å². The number of Topliss-reactive ketones (excluding diaryl/α,β-unsaturated/α-hetero) is 1. The fourth-order valence-electron chi connectivity index (χ4n) is 3.65. The number of nitrogens with zero attached hydrogens (tertiary/aromatic N) is 1. The standard InChI is InChI=1S/C18H25NO4/c1-11(20)12-9-13-15(10-14(12)22-4)23-18(2,3)17(21)16(13)19-7-5-6-8-19/h9-10,16-17,21H,5-8H2,1-4H3/t16-,17+/m0/s1. The molecule has 126 valence electrons. The van der Waals surface area contributed by atoms with E-state index in [9.17, 15) is 9.90 Å². The van der Waals surface area contributed by atoms with Gasteiger partial charge in [-0.1, -0.05) is 0 Å². The zero-order valence-electron chi connectivity index (χ0n) is 14.3. The Labute approximate surface area is 137 Å². The molecule has 0 unspecified atom stereocenters. The van der Waals surface area contributed by atoms with Gasteiger partial charge in [-0.2, -0.15) is 0 Å². The summed E-state index contributed by atoms with van der Waals surface area (Å²) in [7, 11) is 1.55. The summed E-state index contributed by atoms with van der Waals surface area (Å²) in [5, 5.41) is 10.9. The Balaban J connectivity index is 2.15. The Hall–Kier alpha value is -1.59. The number of rotatable bonds is 3. The van der Waals surface area contributed by atoms with Crippen LogP contribution in [0.15, 0.2) is 12.1 Å². The van der Waals surface area contributed by atoms with E-state index in [1.54, 1.807) is 13.2 Å². The number of ketones is 1. The van der Waals surface area contributed by atoms with Crippen molar-refractivity contribution in [1.82, 2.24) is 4.90 Å². The third-order valence-electron chi connectivity index (χ3n) is 4.95. The molecule has 23 heavy (non-hydrogen) atoms. The van der Waals surface area contributed by atoms with Crippen molar-refractivity contribution in [2.24, 2.45) is 0 Å². The van der Waals surface area contributed by atoms with Gasteiger partial charge in [-0.05, 0) is 52.8 Å². The normalized spacial score (nSPS) is 26.5. The van der Waals surface area contributed by atoms with Crippen molar-refractivity contribution in [2.45, 2.75) is 51.4 Å². The molecule has 0 saturated carbocycles. The maximum Gasteiger partial charge on any atom is 0.163 e. The van der Waals surface area contributed by atoms with Gasteiger partial charge in [0.1, 0.15) is 23.2 Å². The summed E-state index contributed by atoms with van der Waals surface area (Å²) in [6.45, 7) is 7.24. The smallest absolute Gasteiger partial charge is 0.163 e. The molecule has 1 fully saturated rings. The Morgan fingerprint density at radius 2 is 2.00 bits per heavy atom. The quantitative estimate of drug-likeness (QED) is 0.868. The number of carbonyl (C=O) groups excluding carboxylic acids is 1. The summed E-state index contributed by atoms with van der Waals surface area (Å²) in [6, 6.07) is 3.46. The lowest BCUT2D eigenvalue weighted by molar-refractivity contribution is -0.0896. The molecule has 1 N–H and O–H groups in total. The van der Waals surface area contributed by atoms with Crippen LogP contribution < -0.4 is 9.47 Å². The minimum Gasteiger partial charge on any atom is -0.496 e. The van der Waals surface area contributed by atoms with E-state index in [1.165, 1.54) is 6.92 Å². The van der Waals surface area contributed by atoms with E-state index < -0.39 is 11.7 Å². The van der Waals surface area contributed by atoms with Crippen molar-refractivity contribution in [3.05, 3.63) is 23.3 Å². The van der Waals surface area contributed by atoms with Gasteiger partial charge < -0.3 is 14.6 Å². The lowest BCUT2D eigenvalue weighted by atomic mass is 9.84. The molecule has 3 rings (SSSR count). The Kier molecular flexibility index (Phi) is 4.10. The fourth-order valence-corrected chi connectivity index (χ4v) is 3.65. The maximum atomic E-state index is 12.0. The van der Waals surface area contributed by atoms with Gasteiger partial charge in [-0.3, -0.25) is 9.69 Å². The van der Waals surface area contributed by atoms with Crippen LogP contribution in [-0.2, 0) is 0 Å². The highest BCUT2D eigenvalue weighted by Crippen LogP contribution is 2.46. The predicted octanol–water partition coefficient (Wildman–Crippen LogP) is 2.57. The molecule has 0 aromatic heterocycles. The second-order valence-electron chi connectivity index (χ2n) is 6.98. The molecule has 5 heteroatoms. The van der Waals surface area contributed by atoms with Gasteiger partial charge in [0.05, 0.1) is 18.7 Å². The highest BCUT2D eigenvalue weighted by molar-refractivity contribution is 5.97. The lowest BCUT2D eigenvalue weighted by Gasteiger charge is -2.45. The van der Waals surface area contributed by atoms with Crippen LogP contribution in [-0.4, -0.2) is 47.7 Å². The summed E-state index contributed by atoms with van der Waals surface area (Å²) < 4.78 is 11.4. The maximum absolute atomic E-state index is 12.0. The second kappa shape index (κ2) is 5.80. The van der Waals surface area contributed by atoms with Crippen molar-refractivity contribution in [1.29, 1.82) is 0 Å². The molecular weight excluding hydrogens is 294 g/mol. The number of ether oxygens (including phenoxy) is 2. The number of hydrogen-bond acceptors (Lipinski definition) is 5. The van der Waals surface area contributed by atoms with Crippen molar-refractivity contribution in [3.63, 3.8) is 0 Å². The van der Waals surface area contributed by atoms with Crippen molar-refractivity contribution in [3.8, 4) is 11.5 Å². The average Bonchev–Trinajstić information content (AvgIpc) is 3.00. The number of aliphatic hydroxyl groups excluding tert-OH is 1. The lowest BCUT2D eigenvalue weighted by Crippen LogP contribution is -2.53. The highest BCUT2D eigenvalue weighted by atomic mass is 16.5. The van der Waals surface area contributed by atoms with Crippen LogP contribution in [0.3, 0.4) is 0 Å². The Morgan fingerprint density at radius 1 is 1.35 bits per heavy atom.